The number of nitrogens with one attached hydrogen (secondary N) is 2. The number of thiazole rings is 1. The number of anilines is 1. The number of fused-ring (bicyclic) bond motifs is 2. The molecule has 4 rings (SSSR count). The second kappa shape index (κ2) is 7.72. The molecule has 1 fully saturated rings. The van der Waals surface area contributed by atoms with E-state index in [2.05, 4.69) is 15.6 Å². The van der Waals surface area contributed by atoms with Crippen LogP contribution >= 0.6 is 11.3 Å². The summed E-state index contributed by atoms with van der Waals surface area (Å²) in [6.07, 6.45) is 4.96. The number of hydrogen-bond donors (Lipinski definition) is 2. The van der Waals surface area contributed by atoms with Gasteiger partial charge in [0.1, 0.15) is 6.04 Å². The van der Waals surface area contributed by atoms with Gasteiger partial charge in [-0.1, -0.05) is 24.2 Å². The maximum atomic E-state index is 12.8. The molecule has 2 amide bonds. The van der Waals surface area contributed by atoms with Crippen molar-refractivity contribution in [3.8, 4) is 11.5 Å². The summed E-state index contributed by atoms with van der Waals surface area (Å²) in [6.45, 7) is 2.69. The van der Waals surface area contributed by atoms with Crippen LogP contribution in [0.15, 0.2) is 12.1 Å². The Bertz CT molecular complexity index is 817. The first-order chi connectivity index (χ1) is 13.1. The number of nitrogens with zero attached hydrogens (tertiary/aromatic N) is 1. The zero-order chi connectivity index (χ0) is 18.8. The highest BCUT2D eigenvalue weighted by Gasteiger charge is 2.31. The fourth-order valence-electron chi connectivity index (χ4n) is 3.73. The fraction of sp³-hybridized carbons (Fsp3) is 0.526. The van der Waals surface area contributed by atoms with E-state index in [0.717, 1.165) is 42.3 Å². The van der Waals surface area contributed by atoms with Gasteiger partial charge in [-0.25, -0.2) is 4.98 Å². The number of aromatic nitrogens is 1. The summed E-state index contributed by atoms with van der Waals surface area (Å²) in [4.78, 5) is 28.9. The maximum Gasteiger partial charge on any atom is 0.249 e. The van der Waals surface area contributed by atoms with E-state index >= 15 is 0 Å². The molecule has 0 spiro atoms. The molecular formula is C19H23N3O4S. The zero-order valence-corrected chi connectivity index (χ0v) is 16.1. The summed E-state index contributed by atoms with van der Waals surface area (Å²) in [5.74, 6) is 1.18. The van der Waals surface area contributed by atoms with Crippen molar-refractivity contribution in [1.82, 2.24) is 10.3 Å². The predicted octanol–water partition coefficient (Wildman–Crippen LogP) is 3.09. The van der Waals surface area contributed by atoms with Gasteiger partial charge in [-0.3, -0.25) is 9.59 Å². The standard InChI is InChI=1S/C19H23N3O4S/c1-11(23)20-17(12-5-2-3-6-12)18(24)22-19-21-13-9-14-15(10-16(13)27-19)26-8-4-7-25-14/h9-10,12,17H,2-8H2,1H3,(H,20,23)(H,21,22,24)/t17-/m1/s1. The summed E-state index contributed by atoms with van der Waals surface area (Å²) in [5, 5.41) is 6.22. The molecule has 0 radical (unpaired) electrons. The Morgan fingerprint density at radius 3 is 2.56 bits per heavy atom. The number of carbonyl (C=O) groups excluding carboxylic acids is 2. The highest BCUT2D eigenvalue weighted by Crippen LogP contribution is 2.38. The molecule has 7 nitrogen and oxygen atoms in total. The molecule has 27 heavy (non-hydrogen) atoms. The first kappa shape index (κ1) is 18.0. The minimum absolute atomic E-state index is 0.182. The molecular weight excluding hydrogens is 366 g/mol. The summed E-state index contributed by atoms with van der Waals surface area (Å²) in [6, 6.07) is 3.25. The largest absolute Gasteiger partial charge is 0.490 e. The maximum absolute atomic E-state index is 12.8. The highest BCUT2D eigenvalue weighted by atomic mass is 32.1. The van der Waals surface area contributed by atoms with Crippen LogP contribution in [0.25, 0.3) is 10.2 Å². The first-order valence-corrected chi connectivity index (χ1v) is 10.2. The summed E-state index contributed by atoms with van der Waals surface area (Å²) >= 11 is 1.39. The van der Waals surface area contributed by atoms with Crippen LogP contribution in [0.2, 0.25) is 0 Å². The molecule has 2 heterocycles. The Balaban J connectivity index is 1.54. The quantitative estimate of drug-likeness (QED) is 0.839. The molecule has 1 aromatic carbocycles. The van der Waals surface area contributed by atoms with Crippen LogP contribution in [-0.4, -0.2) is 36.1 Å². The number of rotatable bonds is 4. The Labute approximate surface area is 161 Å². The van der Waals surface area contributed by atoms with Crippen LogP contribution in [0, 0.1) is 5.92 Å². The topological polar surface area (TPSA) is 89.6 Å². The smallest absolute Gasteiger partial charge is 0.249 e. The average molecular weight is 389 g/mol. The lowest BCUT2D eigenvalue weighted by atomic mass is 9.97. The molecule has 144 valence electrons. The van der Waals surface area contributed by atoms with Crippen molar-refractivity contribution in [3.63, 3.8) is 0 Å². The predicted molar refractivity (Wildman–Crippen MR) is 103 cm³/mol. The van der Waals surface area contributed by atoms with Gasteiger partial charge in [0, 0.05) is 25.5 Å². The van der Waals surface area contributed by atoms with Gasteiger partial charge in [0.25, 0.3) is 0 Å². The van der Waals surface area contributed by atoms with Gasteiger partial charge in [-0.15, -0.1) is 0 Å². The number of benzene rings is 1. The van der Waals surface area contributed by atoms with Gasteiger partial charge < -0.3 is 20.1 Å². The van der Waals surface area contributed by atoms with Crippen LogP contribution < -0.4 is 20.1 Å². The zero-order valence-electron chi connectivity index (χ0n) is 15.2. The van der Waals surface area contributed by atoms with Crippen molar-refractivity contribution >= 4 is 38.5 Å². The normalized spacial score (nSPS) is 18.1. The van der Waals surface area contributed by atoms with E-state index in [4.69, 9.17) is 9.47 Å². The number of ether oxygens (including phenoxy) is 2. The van der Waals surface area contributed by atoms with Gasteiger partial charge in [-0.2, -0.15) is 0 Å². The van der Waals surface area contributed by atoms with Gasteiger partial charge in [0.2, 0.25) is 11.8 Å². The molecule has 2 N–H and O–H groups in total. The Hall–Kier alpha value is -2.35. The summed E-state index contributed by atoms with van der Waals surface area (Å²) in [5.41, 5.74) is 0.761. The van der Waals surface area contributed by atoms with E-state index in [0.29, 0.717) is 29.8 Å². The molecule has 1 aliphatic heterocycles. The average Bonchev–Trinajstić information content (AvgIpc) is 3.22. The molecule has 1 aromatic heterocycles. The first-order valence-electron chi connectivity index (χ1n) is 9.38. The van der Waals surface area contributed by atoms with Gasteiger partial charge >= 0.3 is 0 Å². The van der Waals surface area contributed by atoms with E-state index in [1.54, 1.807) is 0 Å². The molecule has 2 aromatic rings. The van der Waals surface area contributed by atoms with Crippen molar-refractivity contribution in [3.05, 3.63) is 12.1 Å². The third kappa shape index (κ3) is 4.00. The molecule has 1 saturated carbocycles. The highest BCUT2D eigenvalue weighted by molar-refractivity contribution is 7.22. The van der Waals surface area contributed by atoms with Crippen LogP contribution in [0.1, 0.15) is 39.0 Å². The van der Waals surface area contributed by atoms with Crippen molar-refractivity contribution in [1.29, 1.82) is 0 Å². The van der Waals surface area contributed by atoms with E-state index < -0.39 is 6.04 Å². The molecule has 0 bridgehead atoms. The van der Waals surface area contributed by atoms with Crippen LogP contribution in [0.3, 0.4) is 0 Å². The van der Waals surface area contributed by atoms with E-state index in [-0.39, 0.29) is 17.7 Å². The number of hydrogen-bond acceptors (Lipinski definition) is 6. The minimum Gasteiger partial charge on any atom is -0.490 e. The van der Waals surface area contributed by atoms with Gasteiger partial charge in [-0.05, 0) is 18.8 Å². The molecule has 1 aliphatic carbocycles. The van der Waals surface area contributed by atoms with Crippen LogP contribution in [-0.2, 0) is 9.59 Å². The molecule has 2 aliphatic rings. The number of carbonyl (C=O) groups is 2. The lowest BCUT2D eigenvalue weighted by Crippen LogP contribution is -2.47. The minimum atomic E-state index is -0.514. The fourth-order valence-corrected chi connectivity index (χ4v) is 4.61. The van der Waals surface area contributed by atoms with Crippen LogP contribution in [0.4, 0.5) is 5.13 Å². The van der Waals surface area contributed by atoms with Crippen molar-refractivity contribution < 1.29 is 19.1 Å². The van der Waals surface area contributed by atoms with Gasteiger partial charge in [0.05, 0.1) is 23.4 Å². The van der Waals surface area contributed by atoms with Gasteiger partial charge in [0.15, 0.2) is 16.6 Å². The lowest BCUT2D eigenvalue weighted by Gasteiger charge is -2.22. The lowest BCUT2D eigenvalue weighted by molar-refractivity contribution is -0.126. The Morgan fingerprint density at radius 2 is 1.85 bits per heavy atom. The van der Waals surface area contributed by atoms with E-state index in [9.17, 15) is 9.59 Å². The molecule has 8 heteroatoms. The summed E-state index contributed by atoms with van der Waals surface area (Å²) < 4.78 is 12.3. The molecule has 0 unspecified atom stereocenters. The third-order valence-electron chi connectivity index (χ3n) is 5.00. The van der Waals surface area contributed by atoms with Crippen molar-refractivity contribution in [2.45, 2.75) is 45.1 Å². The Morgan fingerprint density at radius 1 is 1.15 bits per heavy atom. The second-order valence-electron chi connectivity index (χ2n) is 7.05. The summed E-state index contributed by atoms with van der Waals surface area (Å²) in [7, 11) is 0. The molecule has 0 saturated heterocycles. The second-order valence-corrected chi connectivity index (χ2v) is 8.08. The van der Waals surface area contributed by atoms with Crippen molar-refractivity contribution in [2.24, 2.45) is 5.92 Å². The Kier molecular flexibility index (Phi) is 5.15. The monoisotopic (exact) mass is 389 g/mol. The number of amides is 2. The van der Waals surface area contributed by atoms with E-state index in [1.807, 2.05) is 12.1 Å². The van der Waals surface area contributed by atoms with Crippen molar-refractivity contribution in [2.75, 3.05) is 18.5 Å². The SMILES string of the molecule is CC(=O)N[C@@H](C(=O)Nc1nc2cc3c(cc2s1)OCCCO3)C1CCCC1. The molecule has 1 atom stereocenters. The van der Waals surface area contributed by atoms with Crippen LogP contribution in [0.5, 0.6) is 11.5 Å². The van der Waals surface area contributed by atoms with E-state index in [1.165, 1.54) is 18.3 Å². The third-order valence-corrected chi connectivity index (χ3v) is 5.93.